The van der Waals surface area contributed by atoms with Gasteiger partial charge in [0.15, 0.2) is 0 Å². The number of benzene rings is 9. The summed E-state index contributed by atoms with van der Waals surface area (Å²) in [6.45, 7) is 0. The smallest absolute Gasteiger partial charge is 0.0540 e. The Labute approximate surface area is 347 Å². The minimum Gasteiger partial charge on any atom is -0.310 e. The van der Waals surface area contributed by atoms with Crippen LogP contribution in [0.15, 0.2) is 194 Å². The molecule has 59 heavy (non-hydrogen) atoms. The Kier molecular flexibility index (Phi) is 8.12. The van der Waals surface area contributed by atoms with Crippen LogP contribution in [-0.2, 0) is 5.41 Å². The first-order chi connectivity index (χ1) is 29.2. The predicted octanol–water partition coefficient (Wildman–Crippen LogP) is 16.1. The zero-order valence-electron chi connectivity index (χ0n) is 33.4. The lowest BCUT2D eigenvalue weighted by atomic mass is 9.48. The van der Waals surface area contributed by atoms with Crippen LogP contribution in [0.25, 0.3) is 65.7 Å². The Morgan fingerprint density at radius 3 is 1.58 bits per heavy atom. The van der Waals surface area contributed by atoms with Crippen molar-refractivity contribution in [2.24, 2.45) is 17.8 Å². The molecule has 4 bridgehead atoms. The quantitative estimate of drug-likeness (QED) is 0.156. The molecule has 4 fully saturated rings. The number of nitrogens with zero attached hydrogens (tertiary/aromatic N) is 1. The lowest BCUT2D eigenvalue weighted by molar-refractivity contribution is -0.00518. The van der Waals surface area contributed by atoms with Crippen molar-refractivity contribution in [2.45, 2.75) is 43.9 Å². The van der Waals surface area contributed by atoms with Gasteiger partial charge < -0.3 is 4.90 Å². The molecule has 13 rings (SSSR count). The molecule has 1 nitrogen and oxygen atoms in total. The standard InChI is InChI=1S/C58H47N/c1-2-13-45(14-3-1)57-50-17-7-5-12-43(50)23-30-51(57)44-21-26-47(27-22-44)59(48-28-24-46(25-29-48)58-36-39-33-40(37-58)35-41(34-39)38-58)56-32-31-54(53-18-8-9-19-55(53)56)52-20-10-15-42-11-4-6-16-49(42)52/h1-32,39-41H,33-38H2. The van der Waals surface area contributed by atoms with Gasteiger partial charge in [0.1, 0.15) is 0 Å². The molecular formula is C58H47N. The van der Waals surface area contributed by atoms with Crippen molar-refractivity contribution in [3.05, 3.63) is 200 Å². The second-order valence-electron chi connectivity index (χ2n) is 17.9. The number of hydrogen-bond donors (Lipinski definition) is 0. The van der Waals surface area contributed by atoms with Crippen molar-refractivity contribution in [1.29, 1.82) is 0 Å². The van der Waals surface area contributed by atoms with Crippen molar-refractivity contribution < 1.29 is 0 Å². The Bertz CT molecular complexity index is 2970. The van der Waals surface area contributed by atoms with Gasteiger partial charge in [0, 0.05) is 16.8 Å². The highest BCUT2D eigenvalue weighted by Crippen LogP contribution is 2.61. The predicted molar refractivity (Wildman–Crippen MR) is 250 cm³/mol. The third-order valence-electron chi connectivity index (χ3n) is 14.4. The van der Waals surface area contributed by atoms with Gasteiger partial charge in [-0.15, -0.1) is 0 Å². The van der Waals surface area contributed by atoms with Crippen LogP contribution in [0.3, 0.4) is 0 Å². The van der Waals surface area contributed by atoms with E-state index in [2.05, 4.69) is 199 Å². The summed E-state index contributed by atoms with van der Waals surface area (Å²) in [6, 6.07) is 72.5. The van der Waals surface area contributed by atoms with Crippen LogP contribution in [-0.4, -0.2) is 0 Å². The first-order valence-corrected chi connectivity index (χ1v) is 21.8. The van der Waals surface area contributed by atoms with Crippen molar-refractivity contribution in [3.63, 3.8) is 0 Å². The van der Waals surface area contributed by atoms with E-state index in [9.17, 15) is 0 Å². The van der Waals surface area contributed by atoms with Gasteiger partial charge in [0.2, 0.25) is 0 Å². The third-order valence-corrected chi connectivity index (χ3v) is 14.4. The molecule has 0 heterocycles. The maximum absolute atomic E-state index is 2.50. The SMILES string of the molecule is c1ccc(-c2c(-c3ccc(N(c4ccc(C56CC7CC(CC(C7)C5)C6)cc4)c4ccc(-c5cccc6ccccc56)c5ccccc45)cc3)ccc3ccccc23)cc1. The molecule has 284 valence electrons. The van der Waals surface area contributed by atoms with Gasteiger partial charge in [-0.1, -0.05) is 164 Å². The van der Waals surface area contributed by atoms with Crippen LogP contribution in [0.5, 0.6) is 0 Å². The molecule has 0 saturated heterocycles. The van der Waals surface area contributed by atoms with E-state index in [1.165, 1.54) is 116 Å². The summed E-state index contributed by atoms with van der Waals surface area (Å²) in [4.78, 5) is 2.50. The van der Waals surface area contributed by atoms with Crippen molar-refractivity contribution in [1.82, 2.24) is 0 Å². The van der Waals surface area contributed by atoms with E-state index in [1.54, 1.807) is 5.56 Å². The van der Waals surface area contributed by atoms with Crippen LogP contribution in [0.1, 0.15) is 44.1 Å². The van der Waals surface area contributed by atoms with E-state index < -0.39 is 0 Å². The molecule has 0 aliphatic heterocycles. The van der Waals surface area contributed by atoms with Crippen molar-refractivity contribution in [2.75, 3.05) is 4.90 Å². The van der Waals surface area contributed by atoms with Gasteiger partial charge in [-0.05, 0) is 158 Å². The molecular weight excluding hydrogens is 711 g/mol. The largest absolute Gasteiger partial charge is 0.310 e. The van der Waals surface area contributed by atoms with E-state index in [0.717, 1.165) is 23.4 Å². The van der Waals surface area contributed by atoms with Crippen molar-refractivity contribution >= 4 is 49.4 Å². The second-order valence-corrected chi connectivity index (χ2v) is 17.9. The highest BCUT2D eigenvalue weighted by Gasteiger charge is 2.51. The molecule has 4 aliphatic rings. The van der Waals surface area contributed by atoms with E-state index in [4.69, 9.17) is 0 Å². The first kappa shape index (κ1) is 34.6. The molecule has 9 aromatic rings. The van der Waals surface area contributed by atoms with Gasteiger partial charge in [0.25, 0.3) is 0 Å². The van der Waals surface area contributed by atoms with Gasteiger partial charge in [-0.2, -0.15) is 0 Å². The highest BCUT2D eigenvalue weighted by atomic mass is 15.1. The molecule has 0 spiro atoms. The molecule has 0 N–H and O–H groups in total. The number of fused-ring (bicyclic) bond motifs is 3. The van der Waals surface area contributed by atoms with Gasteiger partial charge in [-0.25, -0.2) is 0 Å². The zero-order valence-corrected chi connectivity index (χ0v) is 33.4. The normalized spacial score (nSPS) is 20.7. The van der Waals surface area contributed by atoms with Crippen LogP contribution < -0.4 is 4.90 Å². The molecule has 9 aromatic carbocycles. The zero-order chi connectivity index (χ0) is 38.9. The fourth-order valence-corrected chi connectivity index (χ4v) is 12.2. The van der Waals surface area contributed by atoms with Gasteiger partial charge in [-0.3, -0.25) is 0 Å². The minimum absolute atomic E-state index is 0.364. The number of anilines is 3. The van der Waals surface area contributed by atoms with E-state index in [1.807, 2.05) is 0 Å². The third kappa shape index (κ3) is 5.82. The summed E-state index contributed by atoms with van der Waals surface area (Å²) < 4.78 is 0. The van der Waals surface area contributed by atoms with Gasteiger partial charge >= 0.3 is 0 Å². The molecule has 0 radical (unpaired) electrons. The summed E-state index contributed by atoms with van der Waals surface area (Å²) in [7, 11) is 0. The average molecular weight is 758 g/mol. The average Bonchev–Trinajstić information content (AvgIpc) is 3.29. The Hall–Kier alpha value is -6.44. The molecule has 0 aromatic heterocycles. The second kappa shape index (κ2) is 13.8. The molecule has 1 heteroatoms. The maximum Gasteiger partial charge on any atom is 0.0540 e. The number of hydrogen-bond acceptors (Lipinski definition) is 1. The summed E-state index contributed by atoms with van der Waals surface area (Å²) in [5, 5.41) is 7.59. The van der Waals surface area contributed by atoms with Crippen molar-refractivity contribution in [3.8, 4) is 33.4 Å². The molecule has 0 unspecified atom stereocenters. The molecule has 4 aliphatic carbocycles. The minimum atomic E-state index is 0.364. The van der Waals surface area contributed by atoms with Crippen LogP contribution in [0, 0.1) is 17.8 Å². The highest BCUT2D eigenvalue weighted by molar-refractivity contribution is 6.10. The summed E-state index contributed by atoms with van der Waals surface area (Å²) >= 11 is 0. The lowest BCUT2D eigenvalue weighted by Crippen LogP contribution is -2.48. The topological polar surface area (TPSA) is 3.24 Å². The summed E-state index contributed by atoms with van der Waals surface area (Å²) in [5.41, 5.74) is 13.0. The van der Waals surface area contributed by atoms with E-state index >= 15 is 0 Å². The summed E-state index contributed by atoms with van der Waals surface area (Å²) in [5.74, 6) is 2.77. The first-order valence-electron chi connectivity index (χ1n) is 21.8. The maximum atomic E-state index is 2.50. The van der Waals surface area contributed by atoms with Crippen LogP contribution in [0.2, 0.25) is 0 Å². The fourth-order valence-electron chi connectivity index (χ4n) is 12.2. The summed E-state index contributed by atoms with van der Waals surface area (Å²) in [6.07, 6.45) is 8.54. The molecule has 0 atom stereocenters. The van der Waals surface area contributed by atoms with Crippen LogP contribution >= 0.6 is 0 Å². The number of rotatable bonds is 7. The Morgan fingerprint density at radius 2 is 0.881 bits per heavy atom. The monoisotopic (exact) mass is 757 g/mol. The lowest BCUT2D eigenvalue weighted by Gasteiger charge is -2.57. The Balaban J connectivity index is 1.01. The van der Waals surface area contributed by atoms with E-state index in [0.29, 0.717) is 5.41 Å². The molecule has 4 saturated carbocycles. The molecule has 0 amide bonds. The van der Waals surface area contributed by atoms with Gasteiger partial charge in [0.05, 0.1) is 5.69 Å². The Morgan fingerprint density at radius 1 is 0.356 bits per heavy atom. The van der Waals surface area contributed by atoms with E-state index in [-0.39, 0.29) is 0 Å². The fraction of sp³-hybridized carbons (Fsp3) is 0.172. The van der Waals surface area contributed by atoms with Crippen LogP contribution in [0.4, 0.5) is 17.1 Å².